The Morgan fingerprint density at radius 2 is 1.96 bits per heavy atom. The van der Waals surface area contributed by atoms with Crippen LogP contribution >= 0.6 is 0 Å². The van der Waals surface area contributed by atoms with Gasteiger partial charge in [-0.25, -0.2) is 17.7 Å². The van der Waals surface area contributed by atoms with Gasteiger partial charge in [0.25, 0.3) is 0 Å². The lowest BCUT2D eigenvalue weighted by molar-refractivity contribution is 0.521. The van der Waals surface area contributed by atoms with Gasteiger partial charge in [0.15, 0.2) is 0 Å². The third-order valence-corrected chi connectivity index (χ3v) is 5.31. The van der Waals surface area contributed by atoms with Crippen LogP contribution in [0.4, 0.5) is 0 Å². The molecule has 116 valence electrons. The van der Waals surface area contributed by atoms with E-state index in [9.17, 15) is 8.42 Å². The van der Waals surface area contributed by atoms with Gasteiger partial charge in [-0.3, -0.25) is 0 Å². The summed E-state index contributed by atoms with van der Waals surface area (Å²) in [4.78, 5) is 7.77. The molecule has 0 amide bonds. The summed E-state index contributed by atoms with van der Waals surface area (Å²) in [6.07, 6.45) is 0. The molecule has 2 aromatic carbocycles. The van der Waals surface area contributed by atoms with E-state index in [1.807, 2.05) is 6.07 Å². The van der Waals surface area contributed by atoms with Gasteiger partial charge in [0.2, 0.25) is 10.0 Å². The summed E-state index contributed by atoms with van der Waals surface area (Å²) in [5.74, 6) is 0.594. The third kappa shape index (κ3) is 2.70. The molecule has 0 radical (unpaired) electrons. The highest BCUT2D eigenvalue weighted by molar-refractivity contribution is 7.89. The quantitative estimate of drug-likeness (QED) is 0.800. The van der Waals surface area contributed by atoms with Crippen molar-refractivity contribution in [3.8, 4) is 17.5 Å². The van der Waals surface area contributed by atoms with Crippen LogP contribution in [0.15, 0.2) is 47.4 Å². The fraction of sp³-hybridized carbons (Fsp3) is 0.125. The maximum atomic E-state index is 12.2. The minimum atomic E-state index is -3.49. The average Bonchev–Trinajstić information content (AvgIpc) is 2.97. The molecule has 0 spiro atoms. The second kappa shape index (κ2) is 5.50. The maximum absolute atomic E-state index is 12.2. The molecule has 0 aliphatic heterocycles. The van der Waals surface area contributed by atoms with E-state index in [0.29, 0.717) is 22.4 Å². The highest BCUT2D eigenvalue weighted by Crippen LogP contribution is 2.24. The predicted molar refractivity (Wildman–Crippen MR) is 87.1 cm³/mol. The van der Waals surface area contributed by atoms with Crippen LogP contribution in [0.2, 0.25) is 0 Å². The van der Waals surface area contributed by atoms with Crippen molar-refractivity contribution in [2.24, 2.45) is 0 Å². The molecule has 6 nitrogen and oxygen atoms in total. The number of nitriles is 1. The van der Waals surface area contributed by atoms with Gasteiger partial charge in [-0.15, -0.1) is 0 Å². The molecule has 0 aliphatic carbocycles. The topological polar surface area (TPSA) is 89.8 Å². The summed E-state index contributed by atoms with van der Waals surface area (Å²) in [6.45, 7) is 0. The minimum Gasteiger partial charge on any atom is -0.338 e. The number of aromatic nitrogens is 2. The molecule has 0 aliphatic rings. The van der Waals surface area contributed by atoms with Gasteiger partial charge < -0.3 is 4.98 Å². The molecule has 0 saturated heterocycles. The fourth-order valence-electron chi connectivity index (χ4n) is 2.23. The molecule has 0 bridgehead atoms. The van der Waals surface area contributed by atoms with Crippen LogP contribution in [0.3, 0.4) is 0 Å². The van der Waals surface area contributed by atoms with E-state index in [1.54, 1.807) is 30.3 Å². The lowest BCUT2D eigenvalue weighted by Gasteiger charge is -2.10. The van der Waals surface area contributed by atoms with Crippen molar-refractivity contribution in [2.75, 3.05) is 14.1 Å². The second-order valence-electron chi connectivity index (χ2n) is 5.24. The van der Waals surface area contributed by atoms with Gasteiger partial charge in [0.05, 0.1) is 27.6 Å². The van der Waals surface area contributed by atoms with Crippen molar-refractivity contribution in [3.63, 3.8) is 0 Å². The fourth-order valence-corrected chi connectivity index (χ4v) is 3.16. The van der Waals surface area contributed by atoms with Crippen molar-refractivity contribution >= 4 is 21.1 Å². The predicted octanol–water partition coefficient (Wildman–Crippen LogP) is 2.35. The molecule has 0 saturated carbocycles. The van der Waals surface area contributed by atoms with Crippen LogP contribution in [0.1, 0.15) is 5.56 Å². The molecule has 3 rings (SSSR count). The Bertz CT molecular complexity index is 1030. The van der Waals surface area contributed by atoms with Gasteiger partial charge in [-0.05, 0) is 30.3 Å². The van der Waals surface area contributed by atoms with Gasteiger partial charge in [-0.1, -0.05) is 12.1 Å². The average molecular weight is 326 g/mol. The zero-order chi connectivity index (χ0) is 16.6. The van der Waals surface area contributed by atoms with E-state index in [0.717, 1.165) is 5.56 Å². The highest BCUT2D eigenvalue weighted by atomic mass is 32.2. The zero-order valence-electron chi connectivity index (χ0n) is 12.6. The van der Waals surface area contributed by atoms with E-state index in [4.69, 9.17) is 5.26 Å². The Hall–Kier alpha value is -2.69. The Balaban J connectivity index is 2.11. The summed E-state index contributed by atoms with van der Waals surface area (Å²) in [5.41, 5.74) is 2.61. The molecule has 23 heavy (non-hydrogen) atoms. The molecule has 0 atom stereocenters. The molecule has 1 aromatic heterocycles. The first-order chi connectivity index (χ1) is 10.9. The lowest BCUT2D eigenvalue weighted by atomic mass is 10.1. The first kappa shape index (κ1) is 15.2. The standard InChI is InChI=1S/C16H14N4O2S/c1-20(2)23(21,22)13-6-7-14-15(9-13)19-16(18-14)12-5-3-4-11(8-12)10-17/h3-9H,1-2H3,(H,18,19). The largest absolute Gasteiger partial charge is 0.338 e. The van der Waals surface area contributed by atoms with Gasteiger partial charge >= 0.3 is 0 Å². The van der Waals surface area contributed by atoms with Crippen molar-refractivity contribution < 1.29 is 8.42 Å². The van der Waals surface area contributed by atoms with E-state index in [1.165, 1.54) is 24.5 Å². The molecule has 0 unspecified atom stereocenters. The number of fused-ring (bicyclic) bond motifs is 1. The second-order valence-corrected chi connectivity index (χ2v) is 7.40. The van der Waals surface area contributed by atoms with Gasteiger partial charge in [0.1, 0.15) is 5.82 Å². The number of H-pyrrole nitrogens is 1. The third-order valence-electron chi connectivity index (χ3n) is 3.50. The van der Waals surface area contributed by atoms with E-state index in [2.05, 4.69) is 16.0 Å². The maximum Gasteiger partial charge on any atom is 0.242 e. The van der Waals surface area contributed by atoms with Crippen LogP contribution in [-0.2, 0) is 10.0 Å². The summed E-state index contributed by atoms with van der Waals surface area (Å²) < 4.78 is 25.6. The summed E-state index contributed by atoms with van der Waals surface area (Å²) in [6, 6.07) is 13.9. The van der Waals surface area contributed by atoms with E-state index in [-0.39, 0.29) is 4.90 Å². The SMILES string of the molecule is CN(C)S(=O)(=O)c1ccc2nc(-c3cccc(C#N)c3)[nH]c2c1. The van der Waals surface area contributed by atoms with Crippen LogP contribution in [0.25, 0.3) is 22.4 Å². The van der Waals surface area contributed by atoms with Crippen molar-refractivity contribution in [3.05, 3.63) is 48.0 Å². The monoisotopic (exact) mass is 326 g/mol. The number of rotatable bonds is 3. The van der Waals surface area contributed by atoms with Crippen LogP contribution in [-0.4, -0.2) is 36.8 Å². The molecule has 7 heteroatoms. The summed E-state index contributed by atoms with van der Waals surface area (Å²) >= 11 is 0. The zero-order valence-corrected chi connectivity index (χ0v) is 13.4. The Kier molecular flexibility index (Phi) is 3.64. The summed E-state index contributed by atoms with van der Waals surface area (Å²) in [7, 11) is -0.509. The number of benzene rings is 2. The smallest absolute Gasteiger partial charge is 0.242 e. The van der Waals surface area contributed by atoms with E-state index >= 15 is 0 Å². The van der Waals surface area contributed by atoms with Gasteiger partial charge in [0, 0.05) is 19.7 Å². The first-order valence-corrected chi connectivity index (χ1v) is 8.28. The lowest BCUT2D eigenvalue weighted by Crippen LogP contribution is -2.22. The van der Waals surface area contributed by atoms with Crippen molar-refractivity contribution in [1.82, 2.24) is 14.3 Å². The first-order valence-electron chi connectivity index (χ1n) is 6.84. The van der Waals surface area contributed by atoms with Crippen molar-refractivity contribution in [2.45, 2.75) is 4.90 Å². The number of nitrogens with zero attached hydrogens (tertiary/aromatic N) is 3. The van der Waals surface area contributed by atoms with Crippen LogP contribution in [0, 0.1) is 11.3 Å². The Labute approximate surface area is 134 Å². The number of sulfonamides is 1. The molecule has 3 aromatic rings. The molecule has 0 fully saturated rings. The number of imidazole rings is 1. The van der Waals surface area contributed by atoms with Crippen LogP contribution in [0.5, 0.6) is 0 Å². The Morgan fingerprint density at radius 1 is 1.17 bits per heavy atom. The number of aromatic amines is 1. The summed E-state index contributed by atoms with van der Waals surface area (Å²) in [5, 5.41) is 8.97. The normalized spacial score (nSPS) is 11.7. The van der Waals surface area contributed by atoms with E-state index < -0.39 is 10.0 Å². The van der Waals surface area contributed by atoms with Crippen LogP contribution < -0.4 is 0 Å². The molecule has 1 N–H and O–H groups in total. The number of hydrogen-bond acceptors (Lipinski definition) is 4. The molecular formula is C16H14N4O2S. The van der Waals surface area contributed by atoms with Gasteiger partial charge in [-0.2, -0.15) is 5.26 Å². The highest BCUT2D eigenvalue weighted by Gasteiger charge is 2.18. The molecular weight excluding hydrogens is 312 g/mol. The number of hydrogen-bond donors (Lipinski definition) is 1. The number of nitrogens with one attached hydrogen (secondary N) is 1. The van der Waals surface area contributed by atoms with Crippen molar-refractivity contribution in [1.29, 1.82) is 5.26 Å². The molecule has 1 heterocycles. The Morgan fingerprint density at radius 3 is 2.65 bits per heavy atom. The minimum absolute atomic E-state index is 0.205.